The molecule has 1 aromatic carbocycles. The van der Waals surface area contributed by atoms with Gasteiger partial charge in [-0.3, -0.25) is 4.79 Å². The molecular weight excluding hydrogens is 244 g/mol. The van der Waals surface area contributed by atoms with E-state index in [4.69, 9.17) is 5.73 Å². The van der Waals surface area contributed by atoms with Gasteiger partial charge >= 0.3 is 0 Å². The molecule has 3 nitrogen and oxygen atoms in total. The lowest BCUT2D eigenvalue weighted by molar-refractivity contribution is -0.118. The van der Waals surface area contributed by atoms with Gasteiger partial charge < -0.3 is 10.6 Å². The maximum absolute atomic E-state index is 12.4. The van der Waals surface area contributed by atoms with Gasteiger partial charge in [-0.15, -0.1) is 11.8 Å². The standard InChI is InChI=1S/C14H20N2OS/c1-4-11-13(17)16(9-14(2,3)15)10-7-5-6-8-12(10)18-11/h5-8,11H,4,9,15H2,1-3H3. The van der Waals surface area contributed by atoms with E-state index in [0.717, 1.165) is 12.1 Å². The number of fused-ring (bicyclic) bond motifs is 1. The highest BCUT2D eigenvalue weighted by atomic mass is 32.2. The van der Waals surface area contributed by atoms with Gasteiger partial charge in [-0.25, -0.2) is 0 Å². The molecule has 1 aliphatic rings. The number of nitrogens with zero attached hydrogens (tertiary/aromatic N) is 1. The molecule has 0 fully saturated rings. The molecular formula is C14H20N2OS. The summed E-state index contributed by atoms with van der Waals surface area (Å²) in [7, 11) is 0. The highest BCUT2D eigenvalue weighted by molar-refractivity contribution is 8.01. The highest BCUT2D eigenvalue weighted by Crippen LogP contribution is 2.40. The second kappa shape index (κ2) is 4.94. The van der Waals surface area contributed by atoms with Crippen LogP contribution in [0.25, 0.3) is 0 Å². The SMILES string of the molecule is CCC1Sc2ccccc2N(CC(C)(C)N)C1=O. The molecule has 1 aromatic rings. The van der Waals surface area contributed by atoms with E-state index in [0.29, 0.717) is 6.54 Å². The van der Waals surface area contributed by atoms with Crippen LogP contribution in [-0.4, -0.2) is 23.2 Å². The van der Waals surface area contributed by atoms with Gasteiger partial charge in [-0.05, 0) is 32.4 Å². The summed E-state index contributed by atoms with van der Waals surface area (Å²) in [4.78, 5) is 15.5. The Balaban J connectivity index is 2.39. The first-order chi connectivity index (χ1) is 8.42. The summed E-state index contributed by atoms with van der Waals surface area (Å²) in [5.41, 5.74) is 6.68. The third-order valence-electron chi connectivity index (χ3n) is 2.90. The predicted octanol–water partition coefficient (Wildman–Crippen LogP) is 2.64. The number of carbonyl (C=O) groups is 1. The Bertz CT molecular complexity index is 453. The minimum absolute atomic E-state index is 0.0160. The van der Waals surface area contributed by atoms with Gasteiger partial charge in [0.05, 0.1) is 10.9 Å². The van der Waals surface area contributed by atoms with Gasteiger partial charge in [0.15, 0.2) is 0 Å². The number of para-hydroxylation sites is 1. The van der Waals surface area contributed by atoms with Crippen molar-refractivity contribution < 1.29 is 4.79 Å². The zero-order valence-electron chi connectivity index (χ0n) is 11.1. The van der Waals surface area contributed by atoms with Crippen LogP contribution in [-0.2, 0) is 4.79 Å². The summed E-state index contributed by atoms with van der Waals surface area (Å²) in [6.07, 6.45) is 0.847. The molecule has 98 valence electrons. The van der Waals surface area contributed by atoms with E-state index in [9.17, 15) is 4.79 Å². The summed E-state index contributed by atoms with van der Waals surface area (Å²) in [5, 5.41) is 0.0160. The number of nitrogens with two attached hydrogens (primary N) is 1. The van der Waals surface area contributed by atoms with Crippen LogP contribution >= 0.6 is 11.8 Å². The topological polar surface area (TPSA) is 46.3 Å². The predicted molar refractivity (Wildman–Crippen MR) is 77.0 cm³/mol. The van der Waals surface area contributed by atoms with Crippen LogP contribution in [0.4, 0.5) is 5.69 Å². The molecule has 1 heterocycles. The molecule has 1 amide bonds. The van der Waals surface area contributed by atoms with Crippen molar-refractivity contribution in [2.75, 3.05) is 11.4 Å². The van der Waals surface area contributed by atoms with E-state index < -0.39 is 0 Å². The van der Waals surface area contributed by atoms with Crippen molar-refractivity contribution in [3.8, 4) is 0 Å². The van der Waals surface area contributed by atoms with Gasteiger partial charge in [0, 0.05) is 17.0 Å². The summed E-state index contributed by atoms with van der Waals surface area (Å²) < 4.78 is 0. The average Bonchev–Trinajstić information content (AvgIpc) is 2.31. The summed E-state index contributed by atoms with van der Waals surface area (Å²) in [6, 6.07) is 8.05. The van der Waals surface area contributed by atoms with Crippen LogP contribution in [0.1, 0.15) is 27.2 Å². The molecule has 0 bridgehead atoms. The third-order valence-corrected chi connectivity index (χ3v) is 4.32. The maximum atomic E-state index is 12.4. The first-order valence-corrected chi connectivity index (χ1v) is 7.16. The normalized spacial score (nSPS) is 19.9. The number of carbonyl (C=O) groups excluding carboxylic acids is 1. The quantitative estimate of drug-likeness (QED) is 0.913. The Labute approximate surface area is 113 Å². The third kappa shape index (κ3) is 2.70. The molecule has 0 aliphatic carbocycles. The van der Waals surface area contributed by atoms with E-state index in [1.165, 1.54) is 4.90 Å². The van der Waals surface area contributed by atoms with E-state index in [1.807, 2.05) is 36.9 Å². The zero-order valence-corrected chi connectivity index (χ0v) is 12.0. The number of anilines is 1. The van der Waals surface area contributed by atoms with Gasteiger partial charge in [-0.1, -0.05) is 19.1 Å². The Morgan fingerprint density at radius 1 is 1.39 bits per heavy atom. The van der Waals surface area contributed by atoms with Crippen LogP contribution in [0.3, 0.4) is 0 Å². The molecule has 1 atom stereocenters. The molecule has 0 radical (unpaired) electrons. The second-order valence-electron chi connectivity index (χ2n) is 5.40. The molecule has 0 aromatic heterocycles. The fourth-order valence-corrected chi connectivity index (χ4v) is 3.26. The largest absolute Gasteiger partial charge is 0.324 e. The molecule has 4 heteroatoms. The highest BCUT2D eigenvalue weighted by Gasteiger charge is 2.34. The Morgan fingerprint density at radius 3 is 2.67 bits per heavy atom. The number of hydrogen-bond acceptors (Lipinski definition) is 3. The van der Waals surface area contributed by atoms with Crippen LogP contribution in [0.15, 0.2) is 29.2 Å². The molecule has 0 saturated heterocycles. The maximum Gasteiger partial charge on any atom is 0.240 e. The van der Waals surface area contributed by atoms with E-state index in [-0.39, 0.29) is 16.7 Å². The molecule has 1 unspecified atom stereocenters. The Hall–Kier alpha value is -1.00. The van der Waals surface area contributed by atoms with Crippen molar-refractivity contribution in [2.24, 2.45) is 5.73 Å². The molecule has 0 spiro atoms. The van der Waals surface area contributed by atoms with Gasteiger partial charge in [-0.2, -0.15) is 0 Å². The minimum Gasteiger partial charge on any atom is -0.324 e. The average molecular weight is 264 g/mol. The van der Waals surface area contributed by atoms with E-state index in [1.54, 1.807) is 11.8 Å². The second-order valence-corrected chi connectivity index (χ2v) is 6.64. The number of amides is 1. The van der Waals surface area contributed by atoms with Crippen molar-refractivity contribution in [3.05, 3.63) is 24.3 Å². The van der Waals surface area contributed by atoms with Crippen molar-refractivity contribution in [2.45, 2.75) is 42.9 Å². The monoisotopic (exact) mass is 264 g/mol. The first-order valence-electron chi connectivity index (χ1n) is 6.28. The van der Waals surface area contributed by atoms with Crippen LogP contribution in [0, 0.1) is 0 Å². The number of rotatable bonds is 3. The van der Waals surface area contributed by atoms with E-state index >= 15 is 0 Å². The number of hydrogen-bond donors (Lipinski definition) is 1. The zero-order chi connectivity index (χ0) is 13.3. The lowest BCUT2D eigenvalue weighted by Gasteiger charge is -2.37. The summed E-state index contributed by atoms with van der Waals surface area (Å²) in [6.45, 7) is 6.51. The van der Waals surface area contributed by atoms with Crippen LogP contribution < -0.4 is 10.6 Å². The smallest absolute Gasteiger partial charge is 0.240 e. The molecule has 18 heavy (non-hydrogen) atoms. The van der Waals surface area contributed by atoms with Crippen molar-refractivity contribution >= 4 is 23.4 Å². The number of thioether (sulfide) groups is 1. The van der Waals surface area contributed by atoms with Crippen molar-refractivity contribution in [3.63, 3.8) is 0 Å². The minimum atomic E-state index is -0.386. The van der Waals surface area contributed by atoms with Gasteiger partial charge in [0.1, 0.15) is 0 Å². The Kier molecular flexibility index (Phi) is 3.69. The Morgan fingerprint density at radius 2 is 2.06 bits per heavy atom. The summed E-state index contributed by atoms with van der Waals surface area (Å²) in [5.74, 6) is 0.180. The van der Waals surface area contributed by atoms with Crippen LogP contribution in [0.5, 0.6) is 0 Å². The number of benzene rings is 1. The lowest BCUT2D eigenvalue weighted by Crippen LogP contribution is -2.51. The fraction of sp³-hybridized carbons (Fsp3) is 0.500. The van der Waals surface area contributed by atoms with Gasteiger partial charge in [0.2, 0.25) is 5.91 Å². The van der Waals surface area contributed by atoms with Crippen molar-refractivity contribution in [1.82, 2.24) is 0 Å². The summed E-state index contributed by atoms with van der Waals surface area (Å²) >= 11 is 1.66. The molecule has 1 aliphatic heterocycles. The molecule has 2 N–H and O–H groups in total. The van der Waals surface area contributed by atoms with Gasteiger partial charge in [0.25, 0.3) is 0 Å². The van der Waals surface area contributed by atoms with E-state index in [2.05, 4.69) is 13.0 Å². The molecule has 0 saturated carbocycles. The molecule has 2 rings (SSSR count). The van der Waals surface area contributed by atoms with Crippen LogP contribution in [0.2, 0.25) is 0 Å². The first kappa shape index (κ1) is 13.4. The fourth-order valence-electron chi connectivity index (χ4n) is 2.10. The lowest BCUT2D eigenvalue weighted by atomic mass is 10.1. The van der Waals surface area contributed by atoms with Crippen molar-refractivity contribution in [1.29, 1.82) is 0 Å².